The molecule has 0 aromatic carbocycles. The first-order valence-electron chi connectivity index (χ1n) is 7.02. The molecule has 4 N–H and O–H groups in total. The fourth-order valence-corrected chi connectivity index (χ4v) is 3.97. The van der Waals surface area contributed by atoms with Crippen LogP contribution in [0.5, 0.6) is 0 Å². The normalized spacial score (nSPS) is 43.2. The van der Waals surface area contributed by atoms with Crippen molar-refractivity contribution in [3.63, 3.8) is 0 Å². The summed E-state index contributed by atoms with van der Waals surface area (Å²) in [7, 11) is 0. The molecule has 0 amide bonds. The van der Waals surface area contributed by atoms with Gasteiger partial charge in [0.25, 0.3) is 0 Å². The van der Waals surface area contributed by atoms with Crippen LogP contribution in [0.4, 0.5) is 0 Å². The molecule has 96 valence electrons. The van der Waals surface area contributed by atoms with Crippen LogP contribution in [0.2, 0.25) is 0 Å². The molecular weight excluding hydrogens is 214 g/mol. The highest BCUT2D eigenvalue weighted by molar-refractivity contribution is 5.91. The molecule has 3 atom stereocenters. The standard InChI is InChI=1S/C13H23N3O/c14-12-13(17,9-5-2-1-3-6-9)10-7-4-8-15-11(10)16-12/h9-11,15,17H,1-8H2,(H2,14,16). The number of nitrogens with two attached hydrogens (primary N) is 1. The summed E-state index contributed by atoms with van der Waals surface area (Å²) in [5.74, 6) is 1.03. The number of amidine groups is 1. The van der Waals surface area contributed by atoms with E-state index in [2.05, 4.69) is 10.3 Å². The van der Waals surface area contributed by atoms with Gasteiger partial charge in [-0.3, -0.25) is 10.3 Å². The first kappa shape index (κ1) is 11.5. The molecule has 2 fully saturated rings. The predicted molar refractivity (Wildman–Crippen MR) is 67.7 cm³/mol. The van der Waals surface area contributed by atoms with Crippen LogP contribution in [-0.2, 0) is 0 Å². The Balaban J connectivity index is 1.86. The van der Waals surface area contributed by atoms with E-state index in [1.165, 1.54) is 19.3 Å². The van der Waals surface area contributed by atoms with Crippen molar-refractivity contribution in [2.75, 3.05) is 6.54 Å². The molecule has 1 aliphatic carbocycles. The van der Waals surface area contributed by atoms with Crippen molar-refractivity contribution < 1.29 is 5.11 Å². The van der Waals surface area contributed by atoms with E-state index in [1.54, 1.807) is 0 Å². The number of fused-ring (bicyclic) bond motifs is 1. The fourth-order valence-electron chi connectivity index (χ4n) is 3.97. The van der Waals surface area contributed by atoms with Crippen molar-refractivity contribution in [3.05, 3.63) is 0 Å². The van der Waals surface area contributed by atoms with Gasteiger partial charge in [-0.05, 0) is 38.1 Å². The molecule has 17 heavy (non-hydrogen) atoms. The Hall–Kier alpha value is -0.610. The van der Waals surface area contributed by atoms with Gasteiger partial charge in [0.2, 0.25) is 0 Å². The number of nitrogens with one attached hydrogen (secondary N) is 1. The summed E-state index contributed by atoms with van der Waals surface area (Å²) < 4.78 is 0. The molecule has 2 aliphatic heterocycles. The average molecular weight is 237 g/mol. The molecule has 1 saturated heterocycles. The van der Waals surface area contributed by atoms with Crippen molar-refractivity contribution in [2.24, 2.45) is 22.6 Å². The molecule has 0 aromatic rings. The van der Waals surface area contributed by atoms with E-state index in [1.807, 2.05) is 0 Å². The Morgan fingerprint density at radius 1 is 1.18 bits per heavy atom. The highest BCUT2D eigenvalue weighted by Crippen LogP contribution is 2.44. The van der Waals surface area contributed by atoms with E-state index in [0.29, 0.717) is 11.8 Å². The fraction of sp³-hybridized carbons (Fsp3) is 0.923. The van der Waals surface area contributed by atoms with Crippen molar-refractivity contribution >= 4 is 5.84 Å². The second-order valence-electron chi connectivity index (χ2n) is 5.82. The Labute approximate surface area is 103 Å². The zero-order valence-electron chi connectivity index (χ0n) is 10.4. The lowest BCUT2D eigenvalue weighted by Crippen LogP contribution is -2.56. The van der Waals surface area contributed by atoms with Crippen molar-refractivity contribution in [1.82, 2.24) is 5.32 Å². The Morgan fingerprint density at radius 2 is 1.94 bits per heavy atom. The molecule has 0 radical (unpaired) electrons. The van der Waals surface area contributed by atoms with Crippen LogP contribution in [0.25, 0.3) is 0 Å². The Bertz CT molecular complexity index is 325. The van der Waals surface area contributed by atoms with Gasteiger partial charge < -0.3 is 10.8 Å². The molecule has 4 heteroatoms. The van der Waals surface area contributed by atoms with Gasteiger partial charge in [0, 0.05) is 5.92 Å². The Morgan fingerprint density at radius 3 is 2.71 bits per heavy atom. The third-order valence-corrected chi connectivity index (χ3v) is 4.91. The predicted octanol–water partition coefficient (Wildman–Crippen LogP) is 0.994. The van der Waals surface area contributed by atoms with Crippen LogP contribution in [0.3, 0.4) is 0 Å². The van der Waals surface area contributed by atoms with E-state index >= 15 is 0 Å². The topological polar surface area (TPSA) is 70.6 Å². The number of hydrogen-bond acceptors (Lipinski definition) is 4. The van der Waals surface area contributed by atoms with Crippen LogP contribution in [-0.4, -0.2) is 29.3 Å². The number of aliphatic imine (C=N–C) groups is 1. The molecule has 4 nitrogen and oxygen atoms in total. The first-order chi connectivity index (χ1) is 8.23. The minimum Gasteiger partial charge on any atom is -0.385 e. The summed E-state index contributed by atoms with van der Waals surface area (Å²) in [5.41, 5.74) is 5.24. The number of nitrogens with zero attached hydrogens (tertiary/aromatic N) is 1. The van der Waals surface area contributed by atoms with E-state index in [9.17, 15) is 5.11 Å². The third-order valence-electron chi connectivity index (χ3n) is 4.91. The van der Waals surface area contributed by atoms with E-state index in [4.69, 9.17) is 5.73 Å². The number of hydrogen-bond donors (Lipinski definition) is 3. The zero-order valence-corrected chi connectivity index (χ0v) is 10.4. The van der Waals surface area contributed by atoms with Crippen molar-refractivity contribution in [3.8, 4) is 0 Å². The minimum absolute atomic E-state index is 0.0654. The van der Waals surface area contributed by atoms with Crippen molar-refractivity contribution in [1.29, 1.82) is 0 Å². The average Bonchev–Trinajstić information content (AvgIpc) is 2.64. The quantitative estimate of drug-likeness (QED) is 0.637. The van der Waals surface area contributed by atoms with Gasteiger partial charge in [0.1, 0.15) is 17.6 Å². The second kappa shape index (κ2) is 4.25. The Kier molecular flexibility index (Phi) is 2.87. The van der Waals surface area contributed by atoms with Crippen LogP contribution in [0, 0.1) is 11.8 Å². The smallest absolute Gasteiger partial charge is 0.130 e. The lowest BCUT2D eigenvalue weighted by Gasteiger charge is -2.42. The lowest BCUT2D eigenvalue weighted by molar-refractivity contribution is -0.0319. The van der Waals surface area contributed by atoms with Gasteiger partial charge in [0.15, 0.2) is 0 Å². The molecule has 3 rings (SSSR count). The summed E-state index contributed by atoms with van der Waals surface area (Å²) in [6.45, 7) is 0.999. The minimum atomic E-state index is -0.821. The molecule has 0 bridgehead atoms. The van der Waals surface area contributed by atoms with Crippen LogP contribution in [0.15, 0.2) is 4.99 Å². The molecule has 0 spiro atoms. The van der Waals surface area contributed by atoms with Gasteiger partial charge in [-0.15, -0.1) is 0 Å². The molecule has 3 unspecified atom stereocenters. The SMILES string of the molecule is NC1=NC2NCCCC2C1(O)C1CCCCC1. The monoisotopic (exact) mass is 237 g/mol. The highest BCUT2D eigenvalue weighted by Gasteiger charge is 2.54. The third kappa shape index (κ3) is 1.69. The van der Waals surface area contributed by atoms with Crippen molar-refractivity contribution in [2.45, 2.75) is 56.7 Å². The maximum Gasteiger partial charge on any atom is 0.130 e. The molecular formula is C13H23N3O. The maximum atomic E-state index is 11.1. The molecule has 1 saturated carbocycles. The highest BCUT2D eigenvalue weighted by atomic mass is 16.3. The van der Waals surface area contributed by atoms with Gasteiger partial charge >= 0.3 is 0 Å². The van der Waals surface area contributed by atoms with Gasteiger partial charge in [0.05, 0.1) is 0 Å². The molecule has 2 heterocycles. The van der Waals surface area contributed by atoms with E-state index in [-0.39, 0.29) is 12.1 Å². The van der Waals surface area contributed by atoms with Gasteiger partial charge in [-0.25, -0.2) is 0 Å². The van der Waals surface area contributed by atoms with Gasteiger partial charge in [-0.2, -0.15) is 0 Å². The summed E-state index contributed by atoms with van der Waals surface area (Å²) >= 11 is 0. The van der Waals surface area contributed by atoms with Crippen LogP contribution >= 0.6 is 0 Å². The molecule has 3 aliphatic rings. The number of piperidine rings is 1. The van der Waals surface area contributed by atoms with E-state index < -0.39 is 5.60 Å². The number of rotatable bonds is 1. The van der Waals surface area contributed by atoms with Gasteiger partial charge in [-0.1, -0.05) is 19.3 Å². The van der Waals surface area contributed by atoms with Crippen LogP contribution < -0.4 is 11.1 Å². The first-order valence-corrected chi connectivity index (χ1v) is 7.02. The summed E-state index contributed by atoms with van der Waals surface area (Å²) in [5, 5.41) is 14.5. The second-order valence-corrected chi connectivity index (χ2v) is 5.82. The van der Waals surface area contributed by atoms with E-state index in [0.717, 1.165) is 32.2 Å². The summed E-state index contributed by atoms with van der Waals surface area (Å²) in [6.07, 6.45) is 8.21. The summed E-state index contributed by atoms with van der Waals surface area (Å²) in [6, 6.07) is 0. The lowest BCUT2D eigenvalue weighted by atomic mass is 9.68. The maximum absolute atomic E-state index is 11.1. The zero-order chi connectivity index (χ0) is 11.9. The number of aliphatic hydroxyl groups is 1. The molecule has 0 aromatic heterocycles. The van der Waals surface area contributed by atoms with Crippen LogP contribution in [0.1, 0.15) is 44.9 Å². The largest absolute Gasteiger partial charge is 0.385 e. The summed E-state index contributed by atoms with van der Waals surface area (Å²) in [4.78, 5) is 4.47.